The van der Waals surface area contributed by atoms with Gasteiger partial charge in [0, 0.05) is 17.7 Å². The molecule has 8 nitrogen and oxygen atoms in total. The van der Waals surface area contributed by atoms with E-state index in [2.05, 4.69) is 20.7 Å². The van der Waals surface area contributed by atoms with E-state index in [1.165, 1.54) is 25.1 Å². The maximum atomic E-state index is 12.1. The molecule has 150 valence electrons. The lowest BCUT2D eigenvalue weighted by molar-refractivity contribution is -0.118. The molecule has 2 aromatic carbocycles. The second-order valence-electron chi connectivity index (χ2n) is 5.90. The highest BCUT2D eigenvalue weighted by Gasteiger charge is 2.14. The zero-order valence-corrected chi connectivity index (χ0v) is 16.9. The molecule has 0 radical (unpaired) electrons. The van der Waals surface area contributed by atoms with E-state index < -0.39 is 0 Å². The summed E-state index contributed by atoms with van der Waals surface area (Å²) in [6.45, 7) is 2.69. The Kier molecular flexibility index (Phi) is 6.85. The van der Waals surface area contributed by atoms with Gasteiger partial charge in [0.25, 0.3) is 5.91 Å². The molecule has 0 atom stereocenters. The van der Waals surface area contributed by atoms with E-state index in [0.29, 0.717) is 23.0 Å². The van der Waals surface area contributed by atoms with E-state index in [4.69, 9.17) is 4.74 Å². The van der Waals surface area contributed by atoms with Crippen LogP contribution >= 0.6 is 11.8 Å². The topological polar surface area (TPSA) is 102 Å². The highest BCUT2D eigenvalue weighted by molar-refractivity contribution is 7.99. The van der Waals surface area contributed by atoms with E-state index in [1.54, 1.807) is 18.2 Å². The Balaban J connectivity index is 1.59. The third-order valence-corrected chi connectivity index (χ3v) is 5.01. The van der Waals surface area contributed by atoms with Crippen molar-refractivity contribution in [3.8, 4) is 22.9 Å². The lowest BCUT2D eigenvalue weighted by Crippen LogP contribution is -2.20. The van der Waals surface area contributed by atoms with Crippen LogP contribution in [-0.2, 0) is 11.3 Å². The fourth-order valence-corrected chi connectivity index (χ4v) is 3.42. The number of nitrogens with zero attached hydrogens (tertiary/aromatic N) is 4. The summed E-state index contributed by atoms with van der Waals surface area (Å²) in [6, 6.07) is 14.8. The quantitative estimate of drug-likeness (QED) is 0.336. The average molecular weight is 411 g/mol. The van der Waals surface area contributed by atoms with Crippen LogP contribution in [0.1, 0.15) is 12.5 Å². The summed E-state index contributed by atoms with van der Waals surface area (Å²) in [4.78, 5) is 12.1. The Morgan fingerprint density at radius 3 is 2.76 bits per heavy atom. The lowest BCUT2D eigenvalue weighted by Gasteiger charge is -2.07. The van der Waals surface area contributed by atoms with E-state index >= 15 is 0 Å². The zero-order valence-electron chi connectivity index (χ0n) is 16.1. The van der Waals surface area contributed by atoms with Crippen LogP contribution in [0.25, 0.3) is 11.4 Å². The number of aromatic hydroxyl groups is 1. The second-order valence-corrected chi connectivity index (χ2v) is 6.84. The number of ether oxygens (including phenoxy) is 1. The first kappa shape index (κ1) is 20.4. The van der Waals surface area contributed by atoms with Crippen LogP contribution in [0.4, 0.5) is 0 Å². The first-order valence-corrected chi connectivity index (χ1v) is 9.91. The Labute approximate surface area is 172 Å². The van der Waals surface area contributed by atoms with E-state index in [-0.39, 0.29) is 17.4 Å². The molecular weight excluding hydrogens is 390 g/mol. The van der Waals surface area contributed by atoms with Crippen LogP contribution in [0.15, 0.2) is 58.8 Å². The van der Waals surface area contributed by atoms with Crippen LogP contribution in [0.3, 0.4) is 0 Å². The smallest absolute Gasteiger partial charge is 0.250 e. The fraction of sp³-hybridized carbons (Fsp3) is 0.200. The number of aromatic nitrogens is 3. The Bertz CT molecular complexity index is 1000. The van der Waals surface area contributed by atoms with Gasteiger partial charge in [-0.3, -0.25) is 4.79 Å². The number of benzene rings is 2. The molecule has 0 fully saturated rings. The number of phenols is 1. The third kappa shape index (κ3) is 4.94. The molecule has 1 heterocycles. The number of nitrogens with one attached hydrogen (secondary N) is 1. The number of amides is 1. The summed E-state index contributed by atoms with van der Waals surface area (Å²) in [7, 11) is 1.47. The van der Waals surface area contributed by atoms with Gasteiger partial charge in [-0.05, 0) is 19.1 Å². The van der Waals surface area contributed by atoms with Gasteiger partial charge in [-0.2, -0.15) is 5.10 Å². The molecule has 3 rings (SSSR count). The largest absolute Gasteiger partial charge is 0.504 e. The monoisotopic (exact) mass is 411 g/mol. The predicted octanol–water partition coefficient (Wildman–Crippen LogP) is 2.92. The van der Waals surface area contributed by atoms with Crippen molar-refractivity contribution in [1.29, 1.82) is 0 Å². The van der Waals surface area contributed by atoms with Crippen LogP contribution in [0.2, 0.25) is 0 Å². The molecule has 0 unspecified atom stereocenters. The third-order valence-electron chi connectivity index (χ3n) is 4.04. The normalized spacial score (nSPS) is 11.0. The van der Waals surface area contributed by atoms with Gasteiger partial charge in [-0.15, -0.1) is 10.2 Å². The highest BCUT2D eigenvalue weighted by Crippen LogP contribution is 2.28. The Hall–Kier alpha value is -3.33. The molecule has 29 heavy (non-hydrogen) atoms. The van der Waals surface area contributed by atoms with Crippen molar-refractivity contribution < 1.29 is 14.6 Å². The molecule has 0 saturated carbocycles. The van der Waals surface area contributed by atoms with Crippen molar-refractivity contribution >= 4 is 23.9 Å². The van der Waals surface area contributed by atoms with Crippen LogP contribution in [0, 0.1) is 0 Å². The summed E-state index contributed by atoms with van der Waals surface area (Å²) < 4.78 is 7.00. The molecule has 0 aliphatic carbocycles. The number of phenolic OH excluding ortho intramolecular Hbond substituents is 1. The minimum Gasteiger partial charge on any atom is -0.504 e. The van der Waals surface area contributed by atoms with E-state index in [9.17, 15) is 9.90 Å². The highest BCUT2D eigenvalue weighted by atomic mass is 32.2. The number of thioether (sulfide) groups is 1. The van der Waals surface area contributed by atoms with Gasteiger partial charge in [0.2, 0.25) is 0 Å². The van der Waals surface area contributed by atoms with Crippen molar-refractivity contribution in [2.75, 3.05) is 12.9 Å². The standard InChI is InChI=1S/C20H21N5O3S/c1-3-25-19(14-8-5-4-6-9-14)23-24-20(25)29-13-17(26)22-21-12-15-10-7-11-16(28-2)18(15)27/h4-12,27H,3,13H2,1-2H3,(H,22,26). The van der Waals surface area contributed by atoms with Crippen molar-refractivity contribution in [1.82, 2.24) is 20.2 Å². The second kappa shape index (κ2) is 9.74. The van der Waals surface area contributed by atoms with Gasteiger partial charge in [-0.25, -0.2) is 5.43 Å². The number of hydrazone groups is 1. The first-order valence-electron chi connectivity index (χ1n) is 8.93. The van der Waals surface area contributed by atoms with Gasteiger partial charge < -0.3 is 14.4 Å². The SMILES string of the molecule is CCn1c(SCC(=O)NN=Cc2cccc(OC)c2O)nnc1-c1ccccc1. The van der Waals surface area contributed by atoms with Crippen LogP contribution in [-0.4, -0.2) is 44.9 Å². The van der Waals surface area contributed by atoms with Gasteiger partial charge in [-0.1, -0.05) is 48.2 Å². The number of hydrogen-bond donors (Lipinski definition) is 2. The summed E-state index contributed by atoms with van der Waals surface area (Å²) in [6.07, 6.45) is 1.36. The van der Waals surface area contributed by atoms with Crippen molar-refractivity contribution in [2.45, 2.75) is 18.6 Å². The molecule has 0 saturated heterocycles. The van der Waals surface area contributed by atoms with Gasteiger partial charge in [0.15, 0.2) is 22.5 Å². The molecule has 3 aromatic rings. The molecule has 0 bridgehead atoms. The van der Waals surface area contributed by atoms with E-state index in [1.807, 2.05) is 41.8 Å². The van der Waals surface area contributed by atoms with Crippen molar-refractivity contribution in [2.24, 2.45) is 5.10 Å². The predicted molar refractivity (Wildman–Crippen MR) is 112 cm³/mol. The summed E-state index contributed by atoms with van der Waals surface area (Å²) in [5.74, 6) is 0.910. The minimum absolute atomic E-state index is 0.0353. The van der Waals surface area contributed by atoms with Crippen molar-refractivity contribution in [3.05, 3.63) is 54.1 Å². The summed E-state index contributed by atoms with van der Waals surface area (Å²) >= 11 is 1.28. The Morgan fingerprint density at radius 2 is 2.03 bits per heavy atom. The van der Waals surface area contributed by atoms with Crippen LogP contribution in [0.5, 0.6) is 11.5 Å². The number of hydrogen-bond acceptors (Lipinski definition) is 7. The van der Waals surface area contributed by atoms with E-state index in [0.717, 1.165) is 11.4 Å². The first-order chi connectivity index (χ1) is 14.1. The van der Waals surface area contributed by atoms with Crippen LogP contribution < -0.4 is 10.2 Å². The molecular formula is C20H21N5O3S. The molecule has 2 N–H and O–H groups in total. The molecule has 1 aromatic heterocycles. The molecule has 1 amide bonds. The number of carbonyl (C=O) groups is 1. The number of rotatable bonds is 8. The fourth-order valence-electron chi connectivity index (χ4n) is 2.63. The summed E-state index contributed by atoms with van der Waals surface area (Å²) in [5.41, 5.74) is 3.86. The molecule has 9 heteroatoms. The van der Waals surface area contributed by atoms with Gasteiger partial charge in [0.05, 0.1) is 19.1 Å². The van der Waals surface area contributed by atoms with Crippen molar-refractivity contribution in [3.63, 3.8) is 0 Å². The lowest BCUT2D eigenvalue weighted by atomic mass is 10.2. The molecule has 0 aliphatic heterocycles. The summed E-state index contributed by atoms with van der Waals surface area (Å²) in [5, 5.41) is 23.0. The maximum Gasteiger partial charge on any atom is 0.250 e. The molecule has 0 aliphatic rings. The number of carbonyl (C=O) groups excluding carboxylic acids is 1. The van der Waals surface area contributed by atoms with Gasteiger partial charge in [0.1, 0.15) is 0 Å². The number of para-hydroxylation sites is 1. The average Bonchev–Trinajstić information content (AvgIpc) is 3.17. The number of methoxy groups -OCH3 is 1. The zero-order chi connectivity index (χ0) is 20.6. The Morgan fingerprint density at radius 1 is 1.24 bits per heavy atom. The minimum atomic E-state index is -0.291. The molecule has 0 spiro atoms. The van der Waals surface area contributed by atoms with Gasteiger partial charge >= 0.3 is 0 Å². The maximum absolute atomic E-state index is 12.1.